The molecule has 11 fully saturated rings. The molecule has 11 aliphatic rings. The average Bonchev–Trinajstić information content (AvgIpc) is 0.440. The van der Waals surface area contributed by atoms with Crippen molar-refractivity contribution in [2.75, 3.05) is 66.1 Å². The molecular formula is C76H127N5O55. The molecule has 786 valence electrons. The summed E-state index contributed by atoms with van der Waals surface area (Å²) < 4.78 is 125. The van der Waals surface area contributed by atoms with Crippen LogP contribution >= 0.6 is 0 Å². The Morgan fingerprint density at radius 3 is 0.860 bits per heavy atom. The number of amides is 5. The summed E-state index contributed by atoms with van der Waals surface area (Å²) in [6.07, 6.45) is -105. The van der Waals surface area contributed by atoms with Crippen LogP contribution in [0.15, 0.2) is 0 Å². The van der Waals surface area contributed by atoms with Crippen molar-refractivity contribution in [3.8, 4) is 0 Å². The van der Waals surface area contributed by atoms with E-state index in [0.717, 1.165) is 34.6 Å². The van der Waals surface area contributed by atoms with E-state index in [1.54, 1.807) is 0 Å². The Morgan fingerprint density at radius 1 is 0.206 bits per heavy atom. The summed E-state index contributed by atoms with van der Waals surface area (Å²) in [5.41, 5.74) is 0. The van der Waals surface area contributed by atoms with Gasteiger partial charge in [0.2, 0.25) is 29.5 Å². The Kier molecular flexibility index (Phi) is 40.1. The first kappa shape index (κ1) is 112. The van der Waals surface area contributed by atoms with Crippen LogP contribution in [0.4, 0.5) is 0 Å². The van der Waals surface area contributed by atoms with E-state index in [2.05, 4.69) is 26.6 Å². The second-order valence-corrected chi connectivity index (χ2v) is 34.5. The fourth-order valence-electron chi connectivity index (χ4n) is 17.7. The Bertz CT molecular complexity index is 3760. The zero-order valence-corrected chi connectivity index (χ0v) is 73.4. The van der Waals surface area contributed by atoms with Crippen molar-refractivity contribution in [2.45, 2.75) is 379 Å². The van der Waals surface area contributed by atoms with Crippen LogP contribution in [0.2, 0.25) is 0 Å². The highest BCUT2D eigenvalue weighted by Gasteiger charge is 2.63. The highest BCUT2D eigenvalue weighted by atomic mass is 16.8. The standard InChI is InChI=1S/C76H127N5O55/c1-17-38(95)50(107)54(111)71(118-17)116-16-32-61(46(103)33(66(115)119-32)77-18(2)90)130-68-35(79-20(4)92)48(105)60(29(13-88)125-68)132-74-57(114)63(44(101)31(128-74)15-117-75-64(52(109)41(98)25(9-84)123-75)135-69-36(80-21(5)93)47(104)58(28(12-87)126-69)129-67-34(78-19(3)91)45(102)39(96)23(7-82)120-67)134-76-65(53(110)42(99)26(10-85)124-76)136-70-37(81-22(6)94)49(106)59(30(14-89)127-70)131-73-56(113)62(43(100)27(11-86)122-73)133-72-55(112)51(108)40(97)24(8-83)121-72/h17,23-76,82-89,95-115H,7-16H2,1-6H3,(H,77,90)(H,78,91)(H,79,92)(H,80,93)(H,81,94)/t17-,23+,24+,25+,26+,27+,28+,29+,30+,31+,32+,33+,34+,35+,36+,37-,38+,39-,40-,41+,42+,43-,44+,45+,46+,47+,48+,49+,50+,51-,52-,53-,54-,55+,56+,57-,58+,59+,60+,61+,62-,63-,64-,65-,66?,67-,68-,69-,70-,71+,72+,73-,74-,75-,76+/m0/s1. The van der Waals surface area contributed by atoms with Crippen molar-refractivity contribution in [3.05, 3.63) is 0 Å². The van der Waals surface area contributed by atoms with E-state index in [4.69, 9.17) is 99.5 Å². The fourth-order valence-corrected chi connectivity index (χ4v) is 17.7. The third kappa shape index (κ3) is 24.8. The molecule has 0 saturated carbocycles. The molecule has 60 nitrogen and oxygen atoms in total. The maximum Gasteiger partial charge on any atom is 0.217 e. The quantitative estimate of drug-likeness (QED) is 0.0280. The van der Waals surface area contributed by atoms with Gasteiger partial charge < -0.3 is 274 Å². The van der Waals surface area contributed by atoms with Gasteiger partial charge in [0.05, 0.1) is 72.2 Å². The lowest BCUT2D eigenvalue weighted by Crippen LogP contribution is -2.71. The van der Waals surface area contributed by atoms with Crippen LogP contribution in [0.1, 0.15) is 41.5 Å². The van der Waals surface area contributed by atoms with E-state index in [-0.39, 0.29) is 0 Å². The third-order valence-corrected chi connectivity index (χ3v) is 24.9. The molecule has 0 aromatic carbocycles. The summed E-state index contributed by atoms with van der Waals surface area (Å²) in [4.78, 5) is 64.6. The SMILES string of the molecule is CC(=O)N[C@@H]1[C@H](O[C@@H]2[C@@H](O[C@@H]3[C@H](O)[C@H](O[C@H]4[C@H](O)[C@@H](NC(C)=O)[C@H](O[C@H]5[C@H](O)[C@@H](NC(C)=O)C(O)O[C@@H]5CO[C@@H]5O[C@@H](C)[C@@H](O)[C@@H](O)[C@@H]5O)O[C@@H]4CO)O[C@H](CO[C@H]4O[C@H](CO)[C@@H](O)[C@H](O)[C@@H]4O[C@@H]4O[C@H](CO)[C@@H](O[C@@H]5O[C@H](CO)[C@H](O)[C@H](O)[C@H]5NC(C)=O)[C@H](O)[C@H]4NC(C)=O)[C@H]3O)O[C@H](CO)[C@@H](O)[C@@H]2O)O[C@H](CO)[C@@H](O[C@@H]2O[C@H](CO)[C@H](O)[C@H](O[C@H]3O[C@H](CO)[C@H](O)[C@H](O)[C@H]3O)[C@H]2O)[C@@H]1O. The molecule has 5 amide bonds. The Hall–Kier alpha value is -4.65. The maximum atomic E-state index is 13.4. The van der Waals surface area contributed by atoms with Crippen LogP contribution in [0.5, 0.6) is 0 Å². The minimum absolute atomic E-state index is 0.822. The Balaban J connectivity index is 0.920. The molecular weight excluding hydrogens is 1860 g/mol. The van der Waals surface area contributed by atoms with Gasteiger partial charge in [0, 0.05) is 34.6 Å². The van der Waals surface area contributed by atoms with E-state index in [1.807, 2.05) is 0 Å². The van der Waals surface area contributed by atoms with Gasteiger partial charge in [0.15, 0.2) is 69.2 Å². The van der Waals surface area contributed by atoms with Gasteiger partial charge in [0.1, 0.15) is 262 Å². The highest BCUT2D eigenvalue weighted by Crippen LogP contribution is 2.42. The average molecular weight is 1990 g/mol. The molecule has 0 aliphatic carbocycles. The van der Waals surface area contributed by atoms with Crippen molar-refractivity contribution >= 4 is 29.5 Å². The lowest BCUT2D eigenvalue weighted by molar-refractivity contribution is -0.400. The molecule has 0 bridgehead atoms. The van der Waals surface area contributed by atoms with Gasteiger partial charge in [-0.1, -0.05) is 0 Å². The lowest BCUT2D eigenvalue weighted by atomic mass is 9.93. The van der Waals surface area contributed by atoms with Gasteiger partial charge in [-0.15, -0.1) is 0 Å². The third-order valence-electron chi connectivity index (χ3n) is 24.9. The monoisotopic (exact) mass is 1990 g/mol. The van der Waals surface area contributed by atoms with Crippen molar-refractivity contribution in [1.29, 1.82) is 0 Å². The van der Waals surface area contributed by atoms with Crippen LogP contribution in [0.25, 0.3) is 0 Å². The summed E-state index contributed by atoms with van der Waals surface area (Å²) in [6, 6.07) is -9.58. The summed E-state index contributed by atoms with van der Waals surface area (Å²) in [5.74, 6) is -4.70. The van der Waals surface area contributed by atoms with Crippen LogP contribution in [0, 0.1) is 0 Å². The van der Waals surface area contributed by atoms with Gasteiger partial charge in [-0.25, -0.2) is 0 Å². The molecule has 0 aromatic heterocycles. The minimum atomic E-state index is -2.68. The lowest BCUT2D eigenvalue weighted by Gasteiger charge is -2.51. The largest absolute Gasteiger partial charge is 0.394 e. The van der Waals surface area contributed by atoms with Gasteiger partial charge >= 0.3 is 0 Å². The number of hydrogen-bond acceptors (Lipinski definition) is 55. The van der Waals surface area contributed by atoms with E-state index in [9.17, 15) is 172 Å². The van der Waals surface area contributed by atoms with E-state index in [1.165, 1.54) is 6.92 Å². The first-order chi connectivity index (χ1) is 64.3. The molecule has 11 aliphatic heterocycles. The first-order valence-electron chi connectivity index (χ1n) is 43.5. The predicted molar refractivity (Wildman–Crippen MR) is 419 cm³/mol. The molecule has 11 heterocycles. The van der Waals surface area contributed by atoms with Crippen molar-refractivity contribution in [2.24, 2.45) is 0 Å². The summed E-state index contributed by atoms with van der Waals surface area (Å²) >= 11 is 0. The van der Waals surface area contributed by atoms with Gasteiger partial charge in [-0.3, -0.25) is 24.0 Å². The number of ether oxygens (including phenoxy) is 21. The van der Waals surface area contributed by atoms with Gasteiger partial charge in [0.25, 0.3) is 0 Å². The molecule has 60 heteroatoms. The molecule has 1 unspecified atom stereocenters. The van der Waals surface area contributed by atoms with E-state index >= 15 is 0 Å². The topological polar surface area (TPSA) is 926 Å². The number of hydrogen-bond donors (Lipinski definition) is 34. The molecule has 0 radical (unpaired) electrons. The molecule has 0 aromatic rings. The zero-order chi connectivity index (χ0) is 100. The number of carbonyl (C=O) groups is 5. The number of rotatable bonds is 35. The van der Waals surface area contributed by atoms with Crippen molar-refractivity contribution in [3.63, 3.8) is 0 Å². The minimum Gasteiger partial charge on any atom is -0.394 e. The van der Waals surface area contributed by atoms with Crippen LogP contribution in [-0.4, -0.2) is 581 Å². The van der Waals surface area contributed by atoms with Gasteiger partial charge in [-0.05, 0) is 6.92 Å². The number of carbonyl (C=O) groups excluding carboxylic acids is 5. The van der Waals surface area contributed by atoms with Crippen LogP contribution < -0.4 is 26.6 Å². The first-order valence-corrected chi connectivity index (χ1v) is 43.5. The summed E-state index contributed by atoms with van der Waals surface area (Å²) in [5, 5.41) is 339. The number of aliphatic hydroxyl groups is 29. The Labute approximate surface area is 770 Å². The van der Waals surface area contributed by atoms with E-state index in [0.29, 0.717) is 0 Å². The van der Waals surface area contributed by atoms with Crippen molar-refractivity contribution < 1.29 is 272 Å². The van der Waals surface area contributed by atoms with E-state index < -0.39 is 433 Å². The molecule has 0 spiro atoms. The Morgan fingerprint density at radius 2 is 0.456 bits per heavy atom. The summed E-state index contributed by atoms with van der Waals surface area (Å²) in [7, 11) is 0. The zero-order valence-electron chi connectivity index (χ0n) is 73.4. The molecule has 11 rings (SSSR count). The number of nitrogens with one attached hydrogen (secondary N) is 5. The highest BCUT2D eigenvalue weighted by molar-refractivity contribution is 5.75. The number of aliphatic hydroxyl groups excluding tert-OH is 29. The van der Waals surface area contributed by atoms with Crippen LogP contribution in [-0.2, 0) is 123 Å². The molecule has 11 saturated heterocycles. The second kappa shape index (κ2) is 48.8. The van der Waals surface area contributed by atoms with Crippen LogP contribution in [0.3, 0.4) is 0 Å². The normalized spacial score (nSPS) is 49.2. The predicted octanol–water partition coefficient (Wildman–Crippen LogP) is -23.2. The molecule has 136 heavy (non-hydrogen) atoms. The maximum absolute atomic E-state index is 13.4. The van der Waals surface area contributed by atoms with Crippen molar-refractivity contribution in [1.82, 2.24) is 26.6 Å². The summed E-state index contributed by atoms with van der Waals surface area (Å²) in [6.45, 7) is -5.32. The second-order valence-electron chi connectivity index (χ2n) is 34.5. The fraction of sp³-hybridized carbons (Fsp3) is 0.934. The molecule has 34 N–H and O–H groups in total. The van der Waals surface area contributed by atoms with Gasteiger partial charge in [-0.2, -0.15) is 0 Å². The smallest absolute Gasteiger partial charge is 0.217 e. The molecule has 55 atom stereocenters.